The van der Waals surface area contributed by atoms with Crippen molar-refractivity contribution >= 4 is 15.7 Å². The number of hydrogen-bond acceptors (Lipinski definition) is 5. The Balaban J connectivity index is 2.24. The van der Waals surface area contributed by atoms with Crippen LogP contribution in [0.15, 0.2) is 27.6 Å². The molecule has 0 aliphatic heterocycles. The lowest BCUT2D eigenvalue weighted by atomic mass is 10.2. The average Bonchev–Trinajstić information content (AvgIpc) is 2.66. The SMILES string of the molecule is Cc1ccc(S(=O)(=O)NCc2c(C)noc2C)c(N)c1. The Morgan fingerprint density at radius 3 is 2.55 bits per heavy atom. The van der Waals surface area contributed by atoms with E-state index >= 15 is 0 Å². The largest absolute Gasteiger partial charge is 0.398 e. The second-order valence-electron chi connectivity index (χ2n) is 4.67. The van der Waals surface area contributed by atoms with Crippen LogP contribution in [0.4, 0.5) is 5.69 Å². The van der Waals surface area contributed by atoms with Crippen LogP contribution in [0.1, 0.15) is 22.6 Å². The first-order chi connectivity index (χ1) is 9.31. The van der Waals surface area contributed by atoms with Gasteiger partial charge in [-0.2, -0.15) is 0 Å². The maximum Gasteiger partial charge on any atom is 0.242 e. The molecule has 1 aromatic carbocycles. The summed E-state index contributed by atoms with van der Waals surface area (Å²) in [4.78, 5) is 0.0786. The Kier molecular flexibility index (Phi) is 3.82. The molecule has 20 heavy (non-hydrogen) atoms. The predicted octanol–water partition coefficient (Wildman–Crippen LogP) is 1.66. The maximum atomic E-state index is 12.2. The number of sulfonamides is 1. The van der Waals surface area contributed by atoms with Crippen molar-refractivity contribution in [1.82, 2.24) is 9.88 Å². The van der Waals surface area contributed by atoms with Crippen molar-refractivity contribution < 1.29 is 12.9 Å². The summed E-state index contributed by atoms with van der Waals surface area (Å²) < 4.78 is 32.0. The van der Waals surface area contributed by atoms with Crippen molar-refractivity contribution in [3.05, 3.63) is 40.8 Å². The van der Waals surface area contributed by atoms with Gasteiger partial charge in [0.05, 0.1) is 11.4 Å². The Hall–Kier alpha value is -1.86. The van der Waals surface area contributed by atoms with Crippen molar-refractivity contribution in [2.45, 2.75) is 32.2 Å². The molecule has 0 unspecified atom stereocenters. The minimum absolute atomic E-state index is 0.0786. The highest BCUT2D eigenvalue weighted by atomic mass is 32.2. The summed E-state index contributed by atoms with van der Waals surface area (Å²) in [5.41, 5.74) is 8.31. The zero-order valence-electron chi connectivity index (χ0n) is 11.6. The van der Waals surface area contributed by atoms with E-state index < -0.39 is 10.0 Å². The van der Waals surface area contributed by atoms with E-state index in [4.69, 9.17) is 10.3 Å². The van der Waals surface area contributed by atoms with Crippen LogP contribution >= 0.6 is 0 Å². The normalized spacial score (nSPS) is 11.8. The summed E-state index contributed by atoms with van der Waals surface area (Å²) in [6, 6.07) is 4.84. The van der Waals surface area contributed by atoms with Crippen LogP contribution in [0.2, 0.25) is 0 Å². The van der Waals surface area contributed by atoms with Crippen molar-refractivity contribution in [1.29, 1.82) is 0 Å². The molecule has 0 atom stereocenters. The zero-order valence-corrected chi connectivity index (χ0v) is 12.4. The molecule has 0 saturated heterocycles. The molecule has 2 rings (SSSR count). The van der Waals surface area contributed by atoms with Crippen LogP contribution in [0.5, 0.6) is 0 Å². The van der Waals surface area contributed by atoms with E-state index in [-0.39, 0.29) is 17.1 Å². The fourth-order valence-electron chi connectivity index (χ4n) is 1.91. The van der Waals surface area contributed by atoms with Gasteiger partial charge in [-0.1, -0.05) is 11.2 Å². The molecule has 0 bridgehead atoms. The lowest BCUT2D eigenvalue weighted by Crippen LogP contribution is -2.24. The quantitative estimate of drug-likeness (QED) is 0.836. The number of rotatable bonds is 4. The molecule has 0 spiro atoms. The predicted molar refractivity (Wildman–Crippen MR) is 75.6 cm³/mol. The van der Waals surface area contributed by atoms with Crippen LogP contribution < -0.4 is 10.5 Å². The van der Waals surface area contributed by atoms with Gasteiger partial charge in [0.25, 0.3) is 0 Å². The third-order valence-electron chi connectivity index (χ3n) is 3.07. The first-order valence-corrected chi connectivity index (χ1v) is 7.57. The molecule has 0 aliphatic rings. The van der Waals surface area contributed by atoms with Gasteiger partial charge in [-0.15, -0.1) is 0 Å². The second kappa shape index (κ2) is 5.26. The van der Waals surface area contributed by atoms with Crippen LogP contribution in [0, 0.1) is 20.8 Å². The van der Waals surface area contributed by atoms with Gasteiger partial charge in [0.15, 0.2) is 0 Å². The van der Waals surface area contributed by atoms with Gasteiger partial charge in [-0.05, 0) is 38.5 Å². The molecule has 2 aromatic rings. The molecular formula is C13H17N3O3S. The first kappa shape index (κ1) is 14.5. The number of nitrogens with one attached hydrogen (secondary N) is 1. The number of nitrogens with two attached hydrogens (primary N) is 1. The van der Waals surface area contributed by atoms with Gasteiger partial charge >= 0.3 is 0 Å². The number of aromatic nitrogens is 1. The van der Waals surface area contributed by atoms with E-state index in [0.717, 1.165) is 11.1 Å². The molecule has 108 valence electrons. The zero-order chi connectivity index (χ0) is 14.9. The fourth-order valence-corrected chi connectivity index (χ4v) is 3.02. The molecular weight excluding hydrogens is 278 g/mol. The molecule has 0 radical (unpaired) electrons. The molecule has 3 N–H and O–H groups in total. The standard InChI is InChI=1S/C13H17N3O3S/c1-8-4-5-13(12(14)6-8)20(17,18)15-7-11-9(2)16-19-10(11)3/h4-6,15H,7,14H2,1-3H3. The van der Waals surface area contributed by atoms with E-state index in [0.29, 0.717) is 11.5 Å². The summed E-state index contributed by atoms with van der Waals surface area (Å²) in [5.74, 6) is 0.599. The van der Waals surface area contributed by atoms with Crippen LogP contribution in [0.3, 0.4) is 0 Å². The number of aryl methyl sites for hydroxylation is 3. The lowest BCUT2D eigenvalue weighted by Gasteiger charge is -2.09. The molecule has 1 heterocycles. The molecule has 1 aromatic heterocycles. The Morgan fingerprint density at radius 2 is 2.00 bits per heavy atom. The smallest absolute Gasteiger partial charge is 0.242 e. The summed E-state index contributed by atoms with van der Waals surface area (Å²) in [6.45, 7) is 5.48. The van der Waals surface area contributed by atoms with Gasteiger partial charge in [0.2, 0.25) is 10.0 Å². The van der Waals surface area contributed by atoms with Crippen LogP contribution in [-0.4, -0.2) is 13.6 Å². The van der Waals surface area contributed by atoms with E-state index in [2.05, 4.69) is 9.88 Å². The summed E-state index contributed by atoms with van der Waals surface area (Å²) >= 11 is 0. The topological polar surface area (TPSA) is 98.2 Å². The molecule has 0 aliphatic carbocycles. The average molecular weight is 295 g/mol. The number of anilines is 1. The van der Waals surface area contributed by atoms with Gasteiger partial charge in [-0.3, -0.25) is 0 Å². The second-order valence-corrected chi connectivity index (χ2v) is 6.40. The van der Waals surface area contributed by atoms with Crippen molar-refractivity contribution in [3.8, 4) is 0 Å². The Bertz CT molecular complexity index is 716. The Morgan fingerprint density at radius 1 is 1.30 bits per heavy atom. The monoisotopic (exact) mass is 295 g/mol. The number of hydrogen-bond donors (Lipinski definition) is 2. The molecule has 0 saturated carbocycles. The van der Waals surface area contributed by atoms with E-state index in [9.17, 15) is 8.42 Å². The fraction of sp³-hybridized carbons (Fsp3) is 0.308. The lowest BCUT2D eigenvalue weighted by molar-refractivity contribution is 0.392. The van der Waals surface area contributed by atoms with Gasteiger partial charge in [0, 0.05) is 12.1 Å². The Labute approximate surface area is 118 Å². The summed E-state index contributed by atoms with van der Waals surface area (Å²) in [7, 11) is -3.66. The summed E-state index contributed by atoms with van der Waals surface area (Å²) in [5, 5.41) is 3.78. The molecule has 7 heteroatoms. The van der Waals surface area contributed by atoms with E-state index in [1.807, 2.05) is 6.92 Å². The van der Waals surface area contributed by atoms with Gasteiger partial charge < -0.3 is 10.3 Å². The molecule has 0 amide bonds. The first-order valence-electron chi connectivity index (χ1n) is 6.09. The highest BCUT2D eigenvalue weighted by Gasteiger charge is 2.19. The highest BCUT2D eigenvalue weighted by molar-refractivity contribution is 7.89. The van der Waals surface area contributed by atoms with E-state index in [1.165, 1.54) is 6.07 Å². The van der Waals surface area contributed by atoms with E-state index in [1.54, 1.807) is 26.0 Å². The number of benzene rings is 1. The molecule has 6 nitrogen and oxygen atoms in total. The highest BCUT2D eigenvalue weighted by Crippen LogP contribution is 2.20. The number of nitrogens with zero attached hydrogens (tertiary/aromatic N) is 1. The third-order valence-corrected chi connectivity index (χ3v) is 4.55. The van der Waals surface area contributed by atoms with Gasteiger partial charge in [0.1, 0.15) is 10.7 Å². The van der Waals surface area contributed by atoms with Gasteiger partial charge in [-0.25, -0.2) is 13.1 Å². The minimum Gasteiger partial charge on any atom is -0.398 e. The maximum absolute atomic E-state index is 12.2. The van der Waals surface area contributed by atoms with Crippen LogP contribution in [-0.2, 0) is 16.6 Å². The summed E-state index contributed by atoms with van der Waals surface area (Å²) in [6.07, 6.45) is 0. The number of nitrogen functional groups attached to an aromatic ring is 1. The van der Waals surface area contributed by atoms with Crippen molar-refractivity contribution in [3.63, 3.8) is 0 Å². The van der Waals surface area contributed by atoms with Crippen LogP contribution in [0.25, 0.3) is 0 Å². The minimum atomic E-state index is -3.66. The third kappa shape index (κ3) is 2.83. The molecule has 0 fully saturated rings. The van der Waals surface area contributed by atoms with Crippen molar-refractivity contribution in [2.24, 2.45) is 0 Å². The van der Waals surface area contributed by atoms with Crippen molar-refractivity contribution in [2.75, 3.05) is 5.73 Å².